The molecule has 0 unspecified atom stereocenters. The van der Waals surface area contributed by atoms with Gasteiger partial charge in [0.25, 0.3) is 5.91 Å². The number of hydrogen-bond donors (Lipinski definition) is 2. The monoisotopic (exact) mass is 469 g/mol. The van der Waals surface area contributed by atoms with Crippen molar-refractivity contribution in [1.29, 1.82) is 0 Å². The third-order valence-electron chi connectivity index (χ3n) is 7.70. The minimum absolute atomic E-state index is 0.0259. The van der Waals surface area contributed by atoms with Crippen molar-refractivity contribution in [2.45, 2.75) is 76.0 Å². The van der Waals surface area contributed by atoms with Gasteiger partial charge in [0.2, 0.25) is 11.8 Å². The summed E-state index contributed by atoms with van der Waals surface area (Å²) in [6.07, 6.45) is 7.81. The van der Waals surface area contributed by atoms with E-state index in [0.29, 0.717) is 35.9 Å². The molecule has 2 N–H and O–H groups in total. The molecule has 2 saturated carbocycles. The molecule has 1 aromatic rings. The molecule has 2 heterocycles. The summed E-state index contributed by atoms with van der Waals surface area (Å²) >= 11 is 0. The standard InChI is InChI=1S/C26H35N3O5/c1-29-21-10-9-19(13-24(30)27-14-16-6-7-16)34-23(21)15-33-22-11-8-18(12-20(22)26(29)32)28-25(31)17-4-2-3-5-17/h8,11-12,16-17,19,21,23H,2-7,9-10,13-15H2,1H3,(H,27,30)(H,28,31)/t19-,21-,23-/m0/s1. The van der Waals surface area contributed by atoms with Crippen LogP contribution in [-0.2, 0) is 14.3 Å². The number of ether oxygens (including phenoxy) is 2. The van der Waals surface area contributed by atoms with Gasteiger partial charge in [-0.25, -0.2) is 0 Å². The normalized spacial score (nSPS) is 27.1. The fourth-order valence-corrected chi connectivity index (χ4v) is 5.40. The second-order valence-electron chi connectivity index (χ2n) is 10.3. The van der Waals surface area contributed by atoms with E-state index in [4.69, 9.17) is 9.47 Å². The van der Waals surface area contributed by atoms with Crippen LogP contribution >= 0.6 is 0 Å². The Bertz CT molecular complexity index is 940. The Morgan fingerprint density at radius 2 is 1.88 bits per heavy atom. The average Bonchev–Trinajstić information content (AvgIpc) is 3.50. The molecule has 1 saturated heterocycles. The van der Waals surface area contributed by atoms with Gasteiger partial charge in [0.05, 0.1) is 24.1 Å². The topological polar surface area (TPSA) is 97.0 Å². The fraction of sp³-hybridized carbons (Fsp3) is 0.654. The second kappa shape index (κ2) is 9.94. The number of amides is 3. The molecule has 8 nitrogen and oxygen atoms in total. The predicted octanol–water partition coefficient (Wildman–Crippen LogP) is 3.11. The summed E-state index contributed by atoms with van der Waals surface area (Å²) in [5.74, 6) is 1.10. The first-order valence-electron chi connectivity index (χ1n) is 12.7. The summed E-state index contributed by atoms with van der Waals surface area (Å²) in [6, 6.07) is 5.13. The van der Waals surface area contributed by atoms with E-state index in [-0.39, 0.29) is 41.9 Å². The summed E-state index contributed by atoms with van der Waals surface area (Å²) in [7, 11) is 1.80. The lowest BCUT2D eigenvalue weighted by Crippen LogP contribution is -2.54. The summed E-state index contributed by atoms with van der Waals surface area (Å²) < 4.78 is 12.3. The highest BCUT2D eigenvalue weighted by molar-refractivity contribution is 6.00. The van der Waals surface area contributed by atoms with E-state index in [2.05, 4.69) is 10.6 Å². The van der Waals surface area contributed by atoms with Crippen LogP contribution in [-0.4, -0.2) is 61.1 Å². The van der Waals surface area contributed by atoms with Gasteiger partial charge in [0, 0.05) is 25.2 Å². The Hall–Kier alpha value is -2.61. The van der Waals surface area contributed by atoms with Crippen LogP contribution in [0, 0.1) is 11.8 Å². The average molecular weight is 470 g/mol. The van der Waals surface area contributed by atoms with E-state index < -0.39 is 0 Å². The van der Waals surface area contributed by atoms with Gasteiger partial charge in [-0.1, -0.05) is 12.8 Å². The van der Waals surface area contributed by atoms with Crippen molar-refractivity contribution in [3.63, 3.8) is 0 Å². The Morgan fingerprint density at radius 3 is 2.65 bits per heavy atom. The molecule has 0 aromatic heterocycles. The number of fused-ring (bicyclic) bond motifs is 2. The number of anilines is 1. The maximum Gasteiger partial charge on any atom is 0.257 e. The number of hydrogen-bond acceptors (Lipinski definition) is 5. The Morgan fingerprint density at radius 1 is 1.09 bits per heavy atom. The van der Waals surface area contributed by atoms with E-state index in [1.165, 1.54) is 12.8 Å². The minimum Gasteiger partial charge on any atom is -0.490 e. The number of rotatable bonds is 6. The Kier molecular flexibility index (Phi) is 6.77. The van der Waals surface area contributed by atoms with E-state index in [1.807, 2.05) is 0 Å². The van der Waals surface area contributed by atoms with Gasteiger partial charge in [0.1, 0.15) is 18.5 Å². The van der Waals surface area contributed by atoms with Gasteiger partial charge < -0.3 is 25.0 Å². The first-order chi connectivity index (χ1) is 16.5. The highest BCUT2D eigenvalue weighted by Gasteiger charge is 2.39. The third kappa shape index (κ3) is 5.22. The summed E-state index contributed by atoms with van der Waals surface area (Å²) in [5.41, 5.74) is 1.07. The van der Waals surface area contributed by atoms with Crippen molar-refractivity contribution in [2.75, 3.05) is 25.5 Å². The molecule has 5 rings (SSSR count). The molecule has 0 spiro atoms. The van der Waals surface area contributed by atoms with Crippen molar-refractivity contribution >= 4 is 23.4 Å². The summed E-state index contributed by atoms with van der Waals surface area (Å²) in [5, 5.41) is 5.99. The number of carbonyl (C=O) groups is 3. The van der Waals surface area contributed by atoms with Crippen molar-refractivity contribution in [2.24, 2.45) is 11.8 Å². The lowest BCUT2D eigenvalue weighted by Gasteiger charge is -2.42. The van der Waals surface area contributed by atoms with Crippen molar-refractivity contribution < 1.29 is 23.9 Å². The highest BCUT2D eigenvalue weighted by atomic mass is 16.5. The summed E-state index contributed by atoms with van der Waals surface area (Å²) in [6.45, 7) is 1.07. The van der Waals surface area contributed by atoms with Crippen LogP contribution in [0.25, 0.3) is 0 Å². The van der Waals surface area contributed by atoms with Gasteiger partial charge in [0.15, 0.2) is 0 Å². The molecule has 2 aliphatic carbocycles. The molecule has 1 aromatic carbocycles. The largest absolute Gasteiger partial charge is 0.490 e. The molecular formula is C26H35N3O5. The molecule has 3 amide bonds. The van der Waals surface area contributed by atoms with Crippen LogP contribution in [0.4, 0.5) is 5.69 Å². The van der Waals surface area contributed by atoms with E-state index in [9.17, 15) is 14.4 Å². The smallest absolute Gasteiger partial charge is 0.257 e. The van der Waals surface area contributed by atoms with Gasteiger partial charge in [-0.05, 0) is 62.6 Å². The quantitative estimate of drug-likeness (QED) is 0.667. The van der Waals surface area contributed by atoms with E-state index >= 15 is 0 Å². The fourth-order valence-electron chi connectivity index (χ4n) is 5.40. The zero-order valence-electron chi connectivity index (χ0n) is 19.9. The maximum absolute atomic E-state index is 13.4. The van der Waals surface area contributed by atoms with Crippen molar-refractivity contribution in [1.82, 2.24) is 10.2 Å². The van der Waals surface area contributed by atoms with Crippen LogP contribution in [0.15, 0.2) is 18.2 Å². The maximum atomic E-state index is 13.4. The number of carbonyl (C=O) groups excluding carboxylic acids is 3. The molecule has 0 radical (unpaired) electrons. The van der Waals surface area contributed by atoms with Gasteiger partial charge in [-0.15, -0.1) is 0 Å². The van der Waals surface area contributed by atoms with Crippen LogP contribution in [0.1, 0.15) is 68.1 Å². The molecule has 3 fully saturated rings. The van der Waals surface area contributed by atoms with Crippen LogP contribution < -0.4 is 15.4 Å². The molecular weight excluding hydrogens is 434 g/mol. The summed E-state index contributed by atoms with van der Waals surface area (Å²) in [4.78, 5) is 39.9. The Balaban J connectivity index is 1.23. The van der Waals surface area contributed by atoms with E-state index in [0.717, 1.165) is 45.1 Å². The van der Waals surface area contributed by atoms with Gasteiger partial charge >= 0.3 is 0 Å². The van der Waals surface area contributed by atoms with Crippen molar-refractivity contribution in [3.05, 3.63) is 23.8 Å². The molecule has 34 heavy (non-hydrogen) atoms. The zero-order chi connectivity index (χ0) is 23.7. The van der Waals surface area contributed by atoms with E-state index in [1.54, 1.807) is 30.1 Å². The van der Waals surface area contributed by atoms with Gasteiger partial charge in [-0.2, -0.15) is 0 Å². The molecule has 2 aliphatic heterocycles. The molecule has 0 bridgehead atoms. The predicted molar refractivity (Wildman–Crippen MR) is 127 cm³/mol. The number of nitrogens with zero attached hydrogens (tertiary/aromatic N) is 1. The Labute approximate surface area is 200 Å². The van der Waals surface area contributed by atoms with Crippen molar-refractivity contribution in [3.8, 4) is 5.75 Å². The number of likely N-dealkylation sites (N-methyl/N-ethyl adjacent to an activating group) is 1. The SMILES string of the molecule is CN1C(=O)c2cc(NC(=O)C3CCCC3)ccc2OC[C@@H]2O[C@H](CC(=O)NCC3CC3)CC[C@@H]21. The lowest BCUT2D eigenvalue weighted by molar-refractivity contribution is -0.134. The molecule has 4 aliphatic rings. The second-order valence-corrected chi connectivity index (χ2v) is 10.3. The van der Waals surface area contributed by atoms with Crippen LogP contribution in [0.3, 0.4) is 0 Å². The lowest BCUT2D eigenvalue weighted by atomic mass is 9.94. The first-order valence-corrected chi connectivity index (χ1v) is 12.7. The number of nitrogens with one attached hydrogen (secondary N) is 2. The first kappa shape index (κ1) is 23.1. The van der Waals surface area contributed by atoms with Crippen LogP contribution in [0.5, 0.6) is 5.75 Å². The van der Waals surface area contributed by atoms with Crippen LogP contribution in [0.2, 0.25) is 0 Å². The minimum atomic E-state index is -0.293. The third-order valence-corrected chi connectivity index (χ3v) is 7.70. The molecule has 184 valence electrons. The van der Waals surface area contributed by atoms with Gasteiger partial charge in [-0.3, -0.25) is 14.4 Å². The molecule has 3 atom stereocenters. The highest BCUT2D eigenvalue weighted by Crippen LogP contribution is 2.33. The number of benzene rings is 1. The zero-order valence-corrected chi connectivity index (χ0v) is 19.9. The molecule has 8 heteroatoms.